The van der Waals surface area contributed by atoms with Crippen molar-refractivity contribution in [3.8, 4) is 0 Å². The van der Waals surface area contributed by atoms with Crippen molar-refractivity contribution in [2.75, 3.05) is 0 Å². The maximum Gasteiger partial charge on any atom is 0.140 e. The monoisotopic (exact) mass is 274 g/mol. The summed E-state index contributed by atoms with van der Waals surface area (Å²) < 4.78 is 1.87. The minimum Gasteiger partial charge on any atom is -0.307 e. The zero-order valence-electron chi connectivity index (χ0n) is 12.7. The first kappa shape index (κ1) is 12.8. The van der Waals surface area contributed by atoms with E-state index < -0.39 is 0 Å². The van der Waals surface area contributed by atoms with Gasteiger partial charge in [0.2, 0.25) is 0 Å². The highest BCUT2D eigenvalue weighted by molar-refractivity contribution is 5.05. The van der Waals surface area contributed by atoms with Gasteiger partial charge in [-0.15, -0.1) is 0 Å². The predicted octanol–water partition coefficient (Wildman–Crippen LogP) is 2.51. The Labute approximate surface area is 121 Å². The van der Waals surface area contributed by atoms with Gasteiger partial charge in [-0.3, -0.25) is 4.68 Å². The molecule has 4 bridgehead atoms. The molecule has 4 saturated carbocycles. The Kier molecular flexibility index (Phi) is 2.92. The fourth-order valence-corrected chi connectivity index (χ4v) is 5.65. The Balaban J connectivity index is 1.45. The summed E-state index contributed by atoms with van der Waals surface area (Å²) >= 11 is 0. The van der Waals surface area contributed by atoms with Gasteiger partial charge in [-0.25, -0.2) is 4.98 Å². The summed E-state index contributed by atoms with van der Waals surface area (Å²) in [4.78, 5) is 4.32. The standard InChI is InChI=1S/C16H26N4/c1-11(17-9-15-18-10-19-20(15)2)16-6-12-3-13(7-16)5-14(4-12)8-16/h10-14,17H,3-9H2,1-2H3. The second kappa shape index (κ2) is 4.55. The van der Waals surface area contributed by atoms with Crippen molar-refractivity contribution in [3.05, 3.63) is 12.2 Å². The lowest BCUT2D eigenvalue weighted by molar-refractivity contribution is -0.0707. The summed E-state index contributed by atoms with van der Waals surface area (Å²) in [7, 11) is 1.97. The van der Waals surface area contributed by atoms with Crippen LogP contribution in [0.25, 0.3) is 0 Å². The lowest BCUT2D eigenvalue weighted by Gasteiger charge is -2.59. The van der Waals surface area contributed by atoms with Crippen LogP contribution >= 0.6 is 0 Å². The van der Waals surface area contributed by atoms with Gasteiger partial charge < -0.3 is 5.32 Å². The largest absolute Gasteiger partial charge is 0.307 e. The van der Waals surface area contributed by atoms with E-state index >= 15 is 0 Å². The average molecular weight is 274 g/mol. The summed E-state index contributed by atoms with van der Waals surface area (Å²) in [6, 6.07) is 0.604. The molecule has 0 spiro atoms. The highest BCUT2D eigenvalue weighted by Gasteiger charge is 2.52. The fourth-order valence-electron chi connectivity index (χ4n) is 5.65. The molecule has 1 N–H and O–H groups in total. The van der Waals surface area contributed by atoms with Crippen LogP contribution in [-0.4, -0.2) is 20.8 Å². The zero-order chi connectivity index (χ0) is 13.7. The lowest BCUT2D eigenvalue weighted by atomic mass is 9.48. The first-order chi connectivity index (χ1) is 9.64. The Morgan fingerprint density at radius 2 is 1.85 bits per heavy atom. The third kappa shape index (κ3) is 2.00. The molecule has 0 amide bonds. The van der Waals surface area contributed by atoms with Crippen molar-refractivity contribution in [2.24, 2.45) is 30.2 Å². The molecule has 4 nitrogen and oxygen atoms in total. The quantitative estimate of drug-likeness (QED) is 0.917. The van der Waals surface area contributed by atoms with E-state index in [0.717, 1.165) is 30.1 Å². The minimum atomic E-state index is 0.577. The van der Waals surface area contributed by atoms with Gasteiger partial charge in [0.25, 0.3) is 0 Å². The first-order valence-corrected chi connectivity index (χ1v) is 8.21. The van der Waals surface area contributed by atoms with Crippen molar-refractivity contribution in [3.63, 3.8) is 0 Å². The van der Waals surface area contributed by atoms with Crippen LogP contribution in [0.1, 0.15) is 51.3 Å². The molecule has 0 radical (unpaired) electrons. The normalized spacial score (nSPS) is 40.2. The van der Waals surface area contributed by atoms with Crippen LogP contribution in [0.15, 0.2) is 6.33 Å². The molecule has 5 rings (SSSR count). The van der Waals surface area contributed by atoms with Crippen LogP contribution in [0.3, 0.4) is 0 Å². The highest BCUT2D eigenvalue weighted by Crippen LogP contribution is 2.61. The molecule has 1 aromatic rings. The molecule has 4 aliphatic rings. The molecule has 4 fully saturated rings. The molecule has 0 saturated heterocycles. The van der Waals surface area contributed by atoms with Gasteiger partial charge >= 0.3 is 0 Å². The van der Waals surface area contributed by atoms with Gasteiger partial charge in [-0.1, -0.05) is 0 Å². The van der Waals surface area contributed by atoms with E-state index in [-0.39, 0.29) is 0 Å². The Hall–Kier alpha value is -0.900. The molecule has 1 unspecified atom stereocenters. The average Bonchev–Trinajstić information content (AvgIpc) is 2.80. The molecule has 1 heterocycles. The van der Waals surface area contributed by atoms with Gasteiger partial charge in [0, 0.05) is 13.1 Å². The molecular formula is C16H26N4. The van der Waals surface area contributed by atoms with E-state index in [9.17, 15) is 0 Å². The number of nitrogens with one attached hydrogen (secondary N) is 1. The van der Waals surface area contributed by atoms with Gasteiger partial charge in [0.1, 0.15) is 12.2 Å². The number of nitrogens with zero attached hydrogens (tertiary/aromatic N) is 3. The molecule has 110 valence electrons. The van der Waals surface area contributed by atoms with E-state index in [4.69, 9.17) is 0 Å². The first-order valence-electron chi connectivity index (χ1n) is 8.21. The van der Waals surface area contributed by atoms with Gasteiger partial charge in [-0.05, 0) is 68.6 Å². The SMILES string of the molecule is CC(NCc1ncnn1C)C12CC3CC(CC(C3)C1)C2. The number of rotatable bonds is 4. The van der Waals surface area contributed by atoms with Crippen molar-refractivity contribution >= 4 is 0 Å². The van der Waals surface area contributed by atoms with Crippen molar-refractivity contribution in [1.29, 1.82) is 0 Å². The maximum atomic E-state index is 4.32. The molecule has 1 aromatic heterocycles. The van der Waals surface area contributed by atoms with Crippen LogP contribution in [0.4, 0.5) is 0 Å². The number of aryl methyl sites for hydroxylation is 1. The Bertz CT molecular complexity index is 457. The van der Waals surface area contributed by atoms with Crippen LogP contribution in [-0.2, 0) is 13.6 Å². The number of hydrogen-bond donors (Lipinski definition) is 1. The van der Waals surface area contributed by atoms with Crippen molar-refractivity contribution in [1.82, 2.24) is 20.1 Å². The highest BCUT2D eigenvalue weighted by atomic mass is 15.3. The third-order valence-electron chi connectivity index (χ3n) is 6.38. The van der Waals surface area contributed by atoms with Crippen LogP contribution in [0, 0.1) is 23.2 Å². The Morgan fingerprint density at radius 3 is 2.35 bits per heavy atom. The molecular weight excluding hydrogens is 248 g/mol. The van der Waals surface area contributed by atoms with E-state index in [1.54, 1.807) is 6.33 Å². The zero-order valence-corrected chi connectivity index (χ0v) is 12.7. The third-order valence-corrected chi connectivity index (χ3v) is 6.38. The van der Waals surface area contributed by atoms with Gasteiger partial charge in [0.05, 0.1) is 6.54 Å². The summed E-state index contributed by atoms with van der Waals surface area (Å²) in [6.45, 7) is 3.25. The summed E-state index contributed by atoms with van der Waals surface area (Å²) in [5, 5.41) is 7.91. The van der Waals surface area contributed by atoms with E-state index in [1.165, 1.54) is 38.5 Å². The van der Waals surface area contributed by atoms with Gasteiger partial charge in [0.15, 0.2) is 0 Å². The molecule has 4 heteroatoms. The fraction of sp³-hybridized carbons (Fsp3) is 0.875. The maximum absolute atomic E-state index is 4.32. The molecule has 20 heavy (non-hydrogen) atoms. The Morgan fingerprint density at radius 1 is 1.25 bits per heavy atom. The lowest BCUT2D eigenvalue weighted by Crippen LogP contribution is -2.54. The minimum absolute atomic E-state index is 0.577. The van der Waals surface area contributed by atoms with Crippen LogP contribution < -0.4 is 5.32 Å². The molecule has 0 aliphatic heterocycles. The smallest absolute Gasteiger partial charge is 0.140 e. The number of hydrogen-bond acceptors (Lipinski definition) is 3. The second-order valence-electron chi connectivity index (χ2n) is 7.68. The van der Waals surface area contributed by atoms with Crippen molar-refractivity contribution in [2.45, 2.75) is 58.0 Å². The summed E-state index contributed by atoms with van der Waals surface area (Å²) in [5.74, 6) is 4.13. The molecule has 4 aliphatic carbocycles. The topological polar surface area (TPSA) is 42.7 Å². The van der Waals surface area contributed by atoms with Crippen LogP contribution in [0.2, 0.25) is 0 Å². The van der Waals surface area contributed by atoms with Crippen LogP contribution in [0.5, 0.6) is 0 Å². The summed E-state index contributed by atoms with van der Waals surface area (Å²) in [5.41, 5.74) is 0.577. The van der Waals surface area contributed by atoms with E-state index in [2.05, 4.69) is 22.3 Å². The van der Waals surface area contributed by atoms with Crippen molar-refractivity contribution < 1.29 is 0 Å². The predicted molar refractivity (Wildman–Crippen MR) is 77.9 cm³/mol. The van der Waals surface area contributed by atoms with E-state index in [1.807, 2.05) is 11.7 Å². The second-order valence-corrected chi connectivity index (χ2v) is 7.68. The summed E-state index contributed by atoms with van der Waals surface area (Å²) in [6.07, 6.45) is 10.6. The molecule has 0 aromatic carbocycles. The molecule has 1 atom stereocenters. The van der Waals surface area contributed by atoms with E-state index in [0.29, 0.717) is 11.5 Å². The van der Waals surface area contributed by atoms with Gasteiger partial charge in [-0.2, -0.15) is 5.10 Å². The number of aromatic nitrogens is 3.